The van der Waals surface area contributed by atoms with E-state index in [0.717, 1.165) is 24.8 Å². The van der Waals surface area contributed by atoms with Crippen molar-refractivity contribution in [2.24, 2.45) is 0 Å². The van der Waals surface area contributed by atoms with Crippen LogP contribution in [0.25, 0.3) is 11.0 Å². The number of hydrogen-bond acceptors (Lipinski definition) is 7. The molecule has 0 saturated carbocycles. The number of amides is 1. The third kappa shape index (κ3) is 4.74. The van der Waals surface area contributed by atoms with Crippen molar-refractivity contribution in [2.75, 3.05) is 33.4 Å². The fourth-order valence-corrected chi connectivity index (χ4v) is 5.88. The predicted octanol–water partition coefficient (Wildman–Crippen LogP) is 0.916. The summed E-state index contributed by atoms with van der Waals surface area (Å²) in [4.78, 5) is 12.9. The maximum atomic E-state index is 13.3. The molecule has 2 aromatic rings. The highest BCUT2D eigenvalue weighted by molar-refractivity contribution is 7.89. The Kier molecular flexibility index (Phi) is 6.85. The molecule has 1 N–H and O–H groups in total. The Labute approximate surface area is 181 Å². The summed E-state index contributed by atoms with van der Waals surface area (Å²) in [6.45, 7) is 2.70. The van der Waals surface area contributed by atoms with Crippen LogP contribution < -0.4 is 5.32 Å². The quantitative estimate of drug-likeness (QED) is 0.564. The smallest absolute Gasteiger partial charge is 0.243 e. The number of methoxy groups -OCH3 is 1. The van der Waals surface area contributed by atoms with Crippen LogP contribution in [0.1, 0.15) is 32.1 Å². The van der Waals surface area contributed by atoms with E-state index in [9.17, 15) is 13.2 Å². The molecule has 0 spiro atoms. The highest BCUT2D eigenvalue weighted by Gasteiger charge is 2.39. The molecule has 3 heterocycles. The number of fused-ring (bicyclic) bond motifs is 1. The minimum atomic E-state index is -3.83. The molecule has 170 valence electrons. The monoisotopic (exact) mass is 451 g/mol. The number of rotatable bonds is 9. The summed E-state index contributed by atoms with van der Waals surface area (Å²) in [5.74, 6) is -0.262. The van der Waals surface area contributed by atoms with E-state index in [2.05, 4.69) is 15.6 Å². The Balaban J connectivity index is 1.48. The maximum Gasteiger partial charge on any atom is 0.243 e. The fourth-order valence-electron chi connectivity index (χ4n) is 4.20. The molecule has 0 bridgehead atoms. The molecular formula is C20H29N5O5S. The zero-order valence-electron chi connectivity index (χ0n) is 17.7. The van der Waals surface area contributed by atoms with Crippen molar-refractivity contribution in [3.8, 4) is 0 Å². The minimum Gasteiger partial charge on any atom is -0.385 e. The Bertz CT molecular complexity index is 1020. The largest absolute Gasteiger partial charge is 0.385 e. The summed E-state index contributed by atoms with van der Waals surface area (Å²) in [5, 5.41) is 11.1. The lowest BCUT2D eigenvalue weighted by Crippen LogP contribution is -2.47. The number of sulfonamides is 1. The topological polar surface area (TPSA) is 116 Å². The zero-order chi connectivity index (χ0) is 21.8. The summed E-state index contributed by atoms with van der Waals surface area (Å²) >= 11 is 0. The van der Waals surface area contributed by atoms with E-state index in [-0.39, 0.29) is 16.9 Å². The van der Waals surface area contributed by atoms with Gasteiger partial charge in [0.2, 0.25) is 15.9 Å². The van der Waals surface area contributed by atoms with Gasteiger partial charge >= 0.3 is 0 Å². The number of carbonyl (C=O) groups excluding carboxylic acids is 1. The minimum absolute atomic E-state index is 0.0179. The van der Waals surface area contributed by atoms with Crippen LogP contribution in [0.2, 0.25) is 0 Å². The van der Waals surface area contributed by atoms with Gasteiger partial charge in [0.25, 0.3) is 0 Å². The van der Waals surface area contributed by atoms with Crippen LogP contribution in [0.5, 0.6) is 0 Å². The molecule has 2 fully saturated rings. The second-order valence-electron chi connectivity index (χ2n) is 7.96. The number of carbonyl (C=O) groups is 1. The Morgan fingerprint density at radius 3 is 2.97 bits per heavy atom. The van der Waals surface area contributed by atoms with Crippen LogP contribution in [0.4, 0.5) is 0 Å². The van der Waals surface area contributed by atoms with Crippen LogP contribution in [-0.4, -0.2) is 79.2 Å². The molecule has 2 atom stereocenters. The first-order chi connectivity index (χ1) is 15.0. The second-order valence-corrected chi connectivity index (χ2v) is 9.85. The molecule has 0 radical (unpaired) electrons. The predicted molar refractivity (Wildman–Crippen MR) is 113 cm³/mol. The van der Waals surface area contributed by atoms with E-state index in [1.54, 1.807) is 23.9 Å². The van der Waals surface area contributed by atoms with Crippen molar-refractivity contribution in [3.05, 3.63) is 18.2 Å². The molecule has 0 aliphatic carbocycles. The number of ether oxygens (including phenoxy) is 2. The van der Waals surface area contributed by atoms with Crippen molar-refractivity contribution in [1.82, 2.24) is 24.6 Å². The third-order valence-corrected chi connectivity index (χ3v) is 7.75. The highest BCUT2D eigenvalue weighted by Crippen LogP contribution is 2.28. The van der Waals surface area contributed by atoms with Gasteiger partial charge in [-0.25, -0.2) is 13.1 Å². The Morgan fingerprint density at radius 1 is 1.32 bits per heavy atom. The summed E-state index contributed by atoms with van der Waals surface area (Å²) in [5.41, 5.74) is 1.28. The van der Waals surface area contributed by atoms with Gasteiger partial charge in [0.05, 0.1) is 16.5 Å². The standard InChI is InChI=1S/C20H29N5O5S/c1-29-11-4-9-24-18-8-7-16(13-17(18)22-23-24)31(27,28)25-10-2-6-19(25)20(26)21-14-15-5-3-12-30-15/h7-8,13,15,19H,2-6,9-12,14H2,1H3,(H,21,26). The van der Waals surface area contributed by atoms with E-state index in [4.69, 9.17) is 9.47 Å². The molecule has 1 amide bonds. The van der Waals surface area contributed by atoms with Gasteiger partial charge < -0.3 is 14.8 Å². The summed E-state index contributed by atoms with van der Waals surface area (Å²) in [6.07, 6.45) is 3.86. The average molecular weight is 452 g/mol. The van der Waals surface area contributed by atoms with E-state index >= 15 is 0 Å². The number of aromatic nitrogens is 3. The van der Waals surface area contributed by atoms with Crippen molar-refractivity contribution < 1.29 is 22.7 Å². The SMILES string of the molecule is COCCCn1nnc2cc(S(=O)(=O)N3CCCC3C(=O)NCC3CCCO3)ccc21. The molecule has 1 aromatic carbocycles. The van der Waals surface area contributed by atoms with Crippen molar-refractivity contribution in [2.45, 2.75) is 55.7 Å². The number of nitrogens with one attached hydrogen (secondary N) is 1. The average Bonchev–Trinajstić information content (AvgIpc) is 3.52. The number of nitrogens with zero attached hydrogens (tertiary/aromatic N) is 4. The van der Waals surface area contributed by atoms with Crippen molar-refractivity contribution in [1.29, 1.82) is 0 Å². The first-order valence-corrected chi connectivity index (χ1v) is 12.2. The molecule has 2 saturated heterocycles. The zero-order valence-corrected chi connectivity index (χ0v) is 18.5. The van der Waals surface area contributed by atoms with Crippen LogP contribution in [-0.2, 0) is 30.8 Å². The van der Waals surface area contributed by atoms with Crippen molar-refractivity contribution in [3.63, 3.8) is 0 Å². The summed E-state index contributed by atoms with van der Waals surface area (Å²) in [7, 11) is -2.19. The van der Waals surface area contributed by atoms with E-state index in [0.29, 0.717) is 51.2 Å². The van der Waals surface area contributed by atoms with Gasteiger partial charge in [-0.3, -0.25) is 4.79 Å². The number of hydrogen-bond donors (Lipinski definition) is 1. The van der Waals surface area contributed by atoms with E-state index < -0.39 is 16.1 Å². The van der Waals surface area contributed by atoms with Gasteiger partial charge in [-0.1, -0.05) is 5.21 Å². The lowest BCUT2D eigenvalue weighted by Gasteiger charge is -2.24. The van der Waals surface area contributed by atoms with Gasteiger partial charge in [0.15, 0.2) is 0 Å². The molecular weight excluding hydrogens is 422 g/mol. The molecule has 11 heteroatoms. The molecule has 2 unspecified atom stereocenters. The molecule has 2 aliphatic rings. The first-order valence-electron chi connectivity index (χ1n) is 10.7. The van der Waals surface area contributed by atoms with Gasteiger partial charge in [-0.15, -0.1) is 5.10 Å². The van der Waals surface area contributed by atoms with Crippen LogP contribution in [0.3, 0.4) is 0 Å². The molecule has 31 heavy (non-hydrogen) atoms. The fraction of sp³-hybridized carbons (Fsp3) is 0.650. The van der Waals surface area contributed by atoms with E-state index in [1.807, 2.05) is 0 Å². The number of aryl methyl sites for hydroxylation is 1. The third-order valence-electron chi connectivity index (χ3n) is 5.84. The van der Waals surface area contributed by atoms with Gasteiger partial charge in [-0.2, -0.15) is 4.31 Å². The van der Waals surface area contributed by atoms with Crippen LogP contribution >= 0.6 is 0 Å². The molecule has 2 aliphatic heterocycles. The molecule has 10 nitrogen and oxygen atoms in total. The first kappa shape index (κ1) is 22.1. The van der Waals surface area contributed by atoms with Gasteiger partial charge in [0, 0.05) is 40.0 Å². The number of benzene rings is 1. The molecule has 1 aromatic heterocycles. The summed E-state index contributed by atoms with van der Waals surface area (Å²) < 4.78 is 40.3. The maximum absolute atomic E-state index is 13.3. The van der Waals surface area contributed by atoms with E-state index in [1.165, 1.54) is 10.4 Å². The van der Waals surface area contributed by atoms with Gasteiger partial charge in [-0.05, 0) is 50.3 Å². The lowest BCUT2D eigenvalue weighted by molar-refractivity contribution is -0.124. The Hall–Kier alpha value is -2.08. The lowest BCUT2D eigenvalue weighted by atomic mass is 10.2. The normalized spacial score (nSPS) is 22.4. The van der Waals surface area contributed by atoms with Gasteiger partial charge in [0.1, 0.15) is 11.6 Å². The van der Waals surface area contributed by atoms with Crippen LogP contribution in [0, 0.1) is 0 Å². The molecule has 4 rings (SSSR count). The highest BCUT2D eigenvalue weighted by atomic mass is 32.2. The summed E-state index contributed by atoms with van der Waals surface area (Å²) in [6, 6.07) is 4.11. The van der Waals surface area contributed by atoms with Crippen LogP contribution in [0.15, 0.2) is 23.1 Å². The second kappa shape index (κ2) is 9.60. The van der Waals surface area contributed by atoms with Crippen molar-refractivity contribution >= 4 is 27.0 Å². The Morgan fingerprint density at radius 2 is 2.19 bits per heavy atom.